The van der Waals surface area contributed by atoms with Gasteiger partial charge in [-0.2, -0.15) is 23.7 Å². The summed E-state index contributed by atoms with van der Waals surface area (Å²) in [5.74, 6) is -2.96. The normalized spacial score (nSPS) is 12.4. The standard InChI is InChI=1S/C26H17F4N3O4/c1-25(37-23(34)16-5-3-2-4-6-16,15-36-20-10-8-18(14-32)22(27)12-20)24(35)33-19-9-7-17(13-31)21(11-19)26(28,29)30/h2-12H,15H2,1H3,(H,33,35)/t25-/m0/s1. The van der Waals surface area contributed by atoms with E-state index in [9.17, 15) is 27.2 Å². The van der Waals surface area contributed by atoms with Crippen molar-refractivity contribution in [3.05, 3.63) is 94.8 Å². The lowest BCUT2D eigenvalue weighted by molar-refractivity contribution is -0.138. The van der Waals surface area contributed by atoms with E-state index in [2.05, 4.69) is 5.32 Å². The maximum absolute atomic E-state index is 14.0. The largest absolute Gasteiger partial charge is 0.489 e. The van der Waals surface area contributed by atoms with E-state index >= 15 is 0 Å². The quantitative estimate of drug-likeness (QED) is 0.344. The molecule has 0 aliphatic heterocycles. The molecule has 0 saturated heterocycles. The minimum Gasteiger partial charge on any atom is -0.489 e. The Morgan fingerprint density at radius 2 is 1.59 bits per heavy atom. The number of nitriles is 2. The molecule has 37 heavy (non-hydrogen) atoms. The maximum Gasteiger partial charge on any atom is 0.417 e. The average molecular weight is 511 g/mol. The van der Waals surface area contributed by atoms with Crippen LogP contribution in [0.2, 0.25) is 0 Å². The molecule has 188 valence electrons. The molecule has 1 atom stereocenters. The van der Waals surface area contributed by atoms with Gasteiger partial charge in [0.15, 0.2) is 0 Å². The highest BCUT2D eigenvalue weighted by Gasteiger charge is 2.40. The molecule has 7 nitrogen and oxygen atoms in total. The van der Waals surface area contributed by atoms with Gasteiger partial charge in [0, 0.05) is 11.8 Å². The second-order valence-corrected chi connectivity index (χ2v) is 7.85. The summed E-state index contributed by atoms with van der Waals surface area (Å²) >= 11 is 0. The van der Waals surface area contributed by atoms with Gasteiger partial charge < -0.3 is 14.8 Å². The molecule has 0 aromatic heterocycles. The molecule has 1 N–H and O–H groups in total. The maximum atomic E-state index is 14.0. The highest BCUT2D eigenvalue weighted by atomic mass is 19.4. The minimum absolute atomic E-state index is 0.0867. The molecule has 0 aliphatic rings. The Morgan fingerprint density at radius 1 is 0.946 bits per heavy atom. The SMILES string of the molecule is C[C@@](COc1ccc(C#N)c(F)c1)(OC(=O)c1ccccc1)C(=O)Nc1ccc(C#N)c(C(F)(F)F)c1. The highest BCUT2D eigenvalue weighted by molar-refractivity contribution is 6.00. The Morgan fingerprint density at radius 3 is 2.19 bits per heavy atom. The molecule has 0 aliphatic carbocycles. The van der Waals surface area contributed by atoms with Crippen LogP contribution in [0.1, 0.15) is 34.0 Å². The zero-order chi connectivity index (χ0) is 27.2. The lowest BCUT2D eigenvalue weighted by Gasteiger charge is -2.28. The number of anilines is 1. The van der Waals surface area contributed by atoms with E-state index in [1.54, 1.807) is 24.3 Å². The van der Waals surface area contributed by atoms with Crippen LogP contribution < -0.4 is 10.1 Å². The number of amides is 1. The molecule has 3 aromatic carbocycles. The summed E-state index contributed by atoms with van der Waals surface area (Å²) < 4.78 is 64.8. The van der Waals surface area contributed by atoms with Crippen LogP contribution in [0.5, 0.6) is 5.75 Å². The first-order valence-electron chi connectivity index (χ1n) is 10.5. The number of nitrogens with one attached hydrogen (secondary N) is 1. The van der Waals surface area contributed by atoms with Crippen LogP contribution in [0.25, 0.3) is 0 Å². The van der Waals surface area contributed by atoms with Gasteiger partial charge in [0.2, 0.25) is 5.60 Å². The third-order valence-corrected chi connectivity index (χ3v) is 5.09. The molecule has 0 saturated carbocycles. The Hall–Kier alpha value is -4.90. The predicted octanol–water partition coefficient (Wildman–Crippen LogP) is 5.22. The van der Waals surface area contributed by atoms with Gasteiger partial charge in [-0.1, -0.05) is 18.2 Å². The third-order valence-electron chi connectivity index (χ3n) is 5.09. The first kappa shape index (κ1) is 26.7. The van der Waals surface area contributed by atoms with Crippen LogP contribution in [-0.2, 0) is 15.7 Å². The van der Waals surface area contributed by atoms with Crippen molar-refractivity contribution in [2.24, 2.45) is 0 Å². The summed E-state index contributed by atoms with van der Waals surface area (Å²) in [6.45, 7) is 0.503. The van der Waals surface area contributed by atoms with Gasteiger partial charge in [-0.05, 0) is 49.4 Å². The van der Waals surface area contributed by atoms with E-state index in [0.29, 0.717) is 6.07 Å². The average Bonchev–Trinajstić information content (AvgIpc) is 2.87. The number of hydrogen-bond acceptors (Lipinski definition) is 6. The van der Waals surface area contributed by atoms with Crippen LogP contribution in [0.4, 0.5) is 23.2 Å². The minimum atomic E-state index is -4.86. The first-order valence-corrected chi connectivity index (χ1v) is 10.5. The smallest absolute Gasteiger partial charge is 0.417 e. The Balaban J connectivity index is 1.90. The molecule has 0 spiro atoms. The van der Waals surface area contributed by atoms with Gasteiger partial charge in [-0.3, -0.25) is 4.79 Å². The zero-order valence-corrected chi connectivity index (χ0v) is 19.1. The van der Waals surface area contributed by atoms with Crippen LogP contribution in [0.15, 0.2) is 66.7 Å². The summed E-state index contributed by atoms with van der Waals surface area (Å²) in [6, 6.07) is 16.5. The monoisotopic (exact) mass is 511 g/mol. The number of benzene rings is 3. The fraction of sp³-hybridized carbons (Fsp3) is 0.154. The molecular weight excluding hydrogens is 494 g/mol. The number of nitrogens with zero attached hydrogens (tertiary/aromatic N) is 2. The fourth-order valence-corrected chi connectivity index (χ4v) is 3.09. The van der Waals surface area contributed by atoms with E-state index in [1.165, 1.54) is 24.3 Å². The van der Waals surface area contributed by atoms with E-state index in [1.807, 2.05) is 0 Å². The Bertz CT molecular complexity index is 1410. The summed E-state index contributed by atoms with van der Waals surface area (Å²) in [4.78, 5) is 25.9. The van der Waals surface area contributed by atoms with E-state index in [-0.39, 0.29) is 22.6 Å². The van der Waals surface area contributed by atoms with Crippen molar-refractivity contribution in [3.8, 4) is 17.9 Å². The number of carbonyl (C=O) groups is 2. The number of halogens is 4. The number of carbonyl (C=O) groups excluding carboxylic acids is 2. The van der Waals surface area contributed by atoms with Crippen LogP contribution >= 0.6 is 0 Å². The van der Waals surface area contributed by atoms with Crippen LogP contribution in [0.3, 0.4) is 0 Å². The number of hydrogen-bond donors (Lipinski definition) is 1. The molecule has 0 heterocycles. The Kier molecular flexibility index (Phi) is 7.79. The van der Waals surface area contributed by atoms with E-state index in [4.69, 9.17) is 20.0 Å². The molecule has 3 aromatic rings. The van der Waals surface area contributed by atoms with Crippen molar-refractivity contribution in [3.63, 3.8) is 0 Å². The van der Waals surface area contributed by atoms with Crippen LogP contribution in [0, 0.1) is 28.5 Å². The van der Waals surface area contributed by atoms with E-state index < -0.39 is 47.2 Å². The van der Waals surface area contributed by atoms with Gasteiger partial charge in [0.05, 0.1) is 28.3 Å². The van der Waals surface area contributed by atoms with Crippen molar-refractivity contribution >= 4 is 17.6 Å². The molecule has 11 heteroatoms. The van der Waals surface area contributed by atoms with Gasteiger partial charge in [0.1, 0.15) is 24.2 Å². The van der Waals surface area contributed by atoms with Crippen molar-refractivity contribution in [2.45, 2.75) is 18.7 Å². The highest BCUT2D eigenvalue weighted by Crippen LogP contribution is 2.34. The molecule has 0 fully saturated rings. The molecular formula is C26H17F4N3O4. The van der Waals surface area contributed by atoms with Crippen molar-refractivity contribution in [1.82, 2.24) is 0 Å². The summed E-state index contributed by atoms with van der Waals surface area (Å²) in [6.07, 6.45) is -4.86. The van der Waals surface area contributed by atoms with Crippen molar-refractivity contribution < 1.29 is 36.6 Å². The van der Waals surface area contributed by atoms with Gasteiger partial charge >= 0.3 is 12.1 Å². The van der Waals surface area contributed by atoms with Gasteiger partial charge in [-0.25, -0.2) is 9.18 Å². The number of alkyl halides is 3. The van der Waals surface area contributed by atoms with Crippen molar-refractivity contribution in [1.29, 1.82) is 10.5 Å². The predicted molar refractivity (Wildman–Crippen MR) is 122 cm³/mol. The van der Waals surface area contributed by atoms with Gasteiger partial charge in [-0.15, -0.1) is 0 Å². The van der Waals surface area contributed by atoms with E-state index in [0.717, 1.165) is 31.2 Å². The molecule has 3 rings (SSSR count). The number of ether oxygens (including phenoxy) is 2. The Labute approximate surface area is 208 Å². The molecule has 0 unspecified atom stereocenters. The summed E-state index contributed by atoms with van der Waals surface area (Å²) in [7, 11) is 0. The molecule has 0 radical (unpaired) electrons. The molecule has 0 bridgehead atoms. The third kappa shape index (κ3) is 6.41. The lowest BCUT2D eigenvalue weighted by atomic mass is 10.0. The van der Waals surface area contributed by atoms with Crippen molar-refractivity contribution in [2.75, 3.05) is 11.9 Å². The number of rotatable bonds is 7. The molecule has 1 amide bonds. The first-order chi connectivity index (χ1) is 17.5. The van der Waals surface area contributed by atoms with Gasteiger partial charge in [0.25, 0.3) is 5.91 Å². The summed E-state index contributed by atoms with van der Waals surface area (Å²) in [5, 5.41) is 20.1. The zero-order valence-electron chi connectivity index (χ0n) is 19.1. The second kappa shape index (κ2) is 10.8. The fourth-order valence-electron chi connectivity index (χ4n) is 3.09. The van der Waals surface area contributed by atoms with Crippen LogP contribution in [-0.4, -0.2) is 24.1 Å². The topological polar surface area (TPSA) is 112 Å². The lowest BCUT2D eigenvalue weighted by Crippen LogP contribution is -2.49. The number of esters is 1. The second-order valence-electron chi connectivity index (χ2n) is 7.85. The summed E-state index contributed by atoms with van der Waals surface area (Å²) in [5.41, 5.74) is -4.49.